The molecule has 82 valence electrons. The molecule has 0 aromatic rings. The lowest BCUT2D eigenvalue weighted by Gasteiger charge is -2.30. The van der Waals surface area contributed by atoms with Gasteiger partial charge in [0.05, 0.1) is 12.1 Å². The van der Waals surface area contributed by atoms with Crippen molar-refractivity contribution in [3.05, 3.63) is 0 Å². The zero-order valence-electron chi connectivity index (χ0n) is 9.12. The number of hydrogen-bond acceptors (Lipinski definition) is 3. The zero-order valence-corrected chi connectivity index (χ0v) is 9.12. The lowest BCUT2D eigenvalue weighted by Crippen LogP contribution is -2.44. The normalized spacial score (nSPS) is 24.9. The molecule has 1 heterocycles. The van der Waals surface area contributed by atoms with E-state index in [1.165, 1.54) is 12.8 Å². The largest absolute Gasteiger partial charge is 0.386 e. The molecule has 2 unspecified atom stereocenters. The van der Waals surface area contributed by atoms with Gasteiger partial charge in [-0.25, -0.2) is 0 Å². The lowest BCUT2D eigenvalue weighted by molar-refractivity contribution is -0.00340. The fourth-order valence-corrected chi connectivity index (χ4v) is 1.67. The summed E-state index contributed by atoms with van der Waals surface area (Å²) in [6.07, 6.45) is 3.90. The number of hydrogen-bond donors (Lipinski definition) is 2. The second kappa shape index (κ2) is 5.32. The van der Waals surface area contributed by atoms with Crippen molar-refractivity contribution in [3.8, 4) is 0 Å². The van der Waals surface area contributed by atoms with E-state index in [-0.39, 0.29) is 11.9 Å². The second-order valence-corrected chi connectivity index (χ2v) is 4.06. The molecular weight excluding hydrogens is 178 g/mol. The van der Waals surface area contributed by atoms with Crippen molar-refractivity contribution in [2.24, 2.45) is 5.73 Å². The van der Waals surface area contributed by atoms with E-state index >= 15 is 0 Å². The molecule has 4 heteroatoms. The van der Waals surface area contributed by atoms with E-state index in [9.17, 15) is 0 Å². The van der Waals surface area contributed by atoms with Crippen LogP contribution in [-0.2, 0) is 4.74 Å². The van der Waals surface area contributed by atoms with Crippen LogP contribution >= 0.6 is 0 Å². The molecular formula is C10H21N3O. The maximum Gasteiger partial charge on any atom is 0.108 e. The summed E-state index contributed by atoms with van der Waals surface area (Å²) in [6, 6.07) is 0.0144. The quantitative estimate of drug-likeness (QED) is 0.520. The third-order valence-corrected chi connectivity index (χ3v) is 2.88. The summed E-state index contributed by atoms with van der Waals surface area (Å²) in [5.74, 6) is 0.225. The topological polar surface area (TPSA) is 62.3 Å². The number of nitrogens with one attached hydrogen (secondary N) is 1. The summed E-state index contributed by atoms with van der Waals surface area (Å²) in [5, 5.41) is 7.34. The Kier molecular flexibility index (Phi) is 4.35. The van der Waals surface area contributed by atoms with Gasteiger partial charge in [-0.1, -0.05) is 0 Å². The molecule has 0 amide bonds. The third-order valence-electron chi connectivity index (χ3n) is 2.88. The molecule has 1 fully saturated rings. The van der Waals surface area contributed by atoms with E-state index in [0.29, 0.717) is 6.10 Å². The number of amidine groups is 1. The summed E-state index contributed by atoms with van der Waals surface area (Å²) in [4.78, 5) is 2.08. The van der Waals surface area contributed by atoms with Gasteiger partial charge in [0.25, 0.3) is 0 Å². The van der Waals surface area contributed by atoms with Crippen LogP contribution in [0.5, 0.6) is 0 Å². The summed E-state index contributed by atoms with van der Waals surface area (Å²) >= 11 is 0. The van der Waals surface area contributed by atoms with Crippen LogP contribution in [0.1, 0.15) is 26.2 Å². The SMILES string of the molecule is CC(C(=N)N)N(C)CC1CCCCO1. The highest BCUT2D eigenvalue weighted by Crippen LogP contribution is 2.14. The predicted octanol–water partition coefficient (Wildman–Crippen LogP) is 0.812. The number of ether oxygens (including phenoxy) is 1. The van der Waals surface area contributed by atoms with E-state index in [0.717, 1.165) is 19.6 Å². The van der Waals surface area contributed by atoms with Crippen LogP contribution in [0.3, 0.4) is 0 Å². The Hall–Kier alpha value is -0.610. The van der Waals surface area contributed by atoms with Crippen LogP contribution in [0.25, 0.3) is 0 Å². The minimum absolute atomic E-state index is 0.0144. The average molecular weight is 199 g/mol. The number of nitrogens with two attached hydrogens (primary N) is 1. The number of likely N-dealkylation sites (N-methyl/N-ethyl adjacent to an activating group) is 1. The first-order valence-corrected chi connectivity index (χ1v) is 5.27. The van der Waals surface area contributed by atoms with Gasteiger partial charge in [0, 0.05) is 13.2 Å². The standard InChI is InChI=1S/C10H21N3O/c1-8(10(11)12)13(2)7-9-5-3-4-6-14-9/h8-9H,3-7H2,1-2H3,(H3,11,12). The molecule has 3 N–H and O–H groups in total. The van der Waals surface area contributed by atoms with Gasteiger partial charge in [-0.05, 0) is 33.2 Å². The highest BCUT2D eigenvalue weighted by atomic mass is 16.5. The maximum atomic E-state index is 7.34. The van der Waals surface area contributed by atoms with E-state index in [2.05, 4.69) is 4.90 Å². The molecule has 14 heavy (non-hydrogen) atoms. The maximum absolute atomic E-state index is 7.34. The van der Waals surface area contributed by atoms with Crippen LogP contribution < -0.4 is 5.73 Å². The van der Waals surface area contributed by atoms with E-state index in [4.69, 9.17) is 15.9 Å². The van der Waals surface area contributed by atoms with Crippen molar-refractivity contribution in [3.63, 3.8) is 0 Å². The minimum atomic E-state index is 0.0144. The Labute approximate surface area is 85.9 Å². The fourth-order valence-electron chi connectivity index (χ4n) is 1.67. The molecule has 0 bridgehead atoms. The number of rotatable bonds is 4. The molecule has 1 saturated heterocycles. The van der Waals surface area contributed by atoms with Crippen LogP contribution in [-0.4, -0.2) is 43.1 Å². The van der Waals surface area contributed by atoms with Crippen molar-refractivity contribution < 1.29 is 4.74 Å². The summed E-state index contributed by atoms with van der Waals surface area (Å²) in [6.45, 7) is 3.71. The van der Waals surface area contributed by atoms with Gasteiger partial charge >= 0.3 is 0 Å². The lowest BCUT2D eigenvalue weighted by atomic mass is 10.1. The average Bonchev–Trinajstić information content (AvgIpc) is 2.18. The molecule has 0 radical (unpaired) electrons. The van der Waals surface area contributed by atoms with E-state index in [1.54, 1.807) is 0 Å². The smallest absolute Gasteiger partial charge is 0.108 e. The third kappa shape index (κ3) is 3.27. The molecule has 0 aromatic heterocycles. The van der Waals surface area contributed by atoms with Gasteiger partial charge < -0.3 is 10.5 Å². The van der Waals surface area contributed by atoms with Gasteiger partial charge in [-0.2, -0.15) is 0 Å². The Balaban J connectivity index is 2.31. The molecule has 1 rings (SSSR count). The molecule has 0 saturated carbocycles. The van der Waals surface area contributed by atoms with Crippen molar-refractivity contribution >= 4 is 5.84 Å². The van der Waals surface area contributed by atoms with Gasteiger partial charge in [-0.15, -0.1) is 0 Å². The van der Waals surface area contributed by atoms with E-state index in [1.807, 2.05) is 14.0 Å². The Morgan fingerprint density at radius 2 is 2.36 bits per heavy atom. The monoisotopic (exact) mass is 199 g/mol. The molecule has 0 spiro atoms. The first kappa shape index (κ1) is 11.5. The fraction of sp³-hybridized carbons (Fsp3) is 0.900. The van der Waals surface area contributed by atoms with Crippen LogP contribution in [0.4, 0.5) is 0 Å². The number of nitrogens with zero attached hydrogens (tertiary/aromatic N) is 1. The van der Waals surface area contributed by atoms with Crippen LogP contribution in [0.15, 0.2) is 0 Å². The predicted molar refractivity (Wildman–Crippen MR) is 57.6 cm³/mol. The van der Waals surface area contributed by atoms with Crippen LogP contribution in [0, 0.1) is 5.41 Å². The molecule has 1 aliphatic rings. The molecule has 4 nitrogen and oxygen atoms in total. The Morgan fingerprint density at radius 3 is 2.86 bits per heavy atom. The van der Waals surface area contributed by atoms with Gasteiger partial charge in [0.1, 0.15) is 5.84 Å². The summed E-state index contributed by atoms with van der Waals surface area (Å²) < 4.78 is 5.63. The zero-order chi connectivity index (χ0) is 10.6. The van der Waals surface area contributed by atoms with E-state index < -0.39 is 0 Å². The summed E-state index contributed by atoms with van der Waals surface area (Å²) in [5.41, 5.74) is 5.44. The molecule has 2 atom stereocenters. The Morgan fingerprint density at radius 1 is 1.64 bits per heavy atom. The van der Waals surface area contributed by atoms with Gasteiger partial charge in [0.15, 0.2) is 0 Å². The minimum Gasteiger partial charge on any atom is -0.386 e. The highest BCUT2D eigenvalue weighted by molar-refractivity contribution is 5.82. The molecule has 0 aromatic carbocycles. The highest BCUT2D eigenvalue weighted by Gasteiger charge is 2.19. The first-order chi connectivity index (χ1) is 6.61. The van der Waals surface area contributed by atoms with Crippen LogP contribution in [0.2, 0.25) is 0 Å². The summed E-state index contributed by atoms with van der Waals surface area (Å²) in [7, 11) is 1.99. The molecule has 0 aliphatic carbocycles. The van der Waals surface area contributed by atoms with Crippen molar-refractivity contribution in [1.82, 2.24) is 4.90 Å². The van der Waals surface area contributed by atoms with Gasteiger partial charge in [0.2, 0.25) is 0 Å². The van der Waals surface area contributed by atoms with Crippen molar-refractivity contribution in [2.75, 3.05) is 20.2 Å². The second-order valence-electron chi connectivity index (χ2n) is 4.06. The van der Waals surface area contributed by atoms with Crippen molar-refractivity contribution in [1.29, 1.82) is 5.41 Å². The van der Waals surface area contributed by atoms with Gasteiger partial charge in [-0.3, -0.25) is 10.3 Å². The Bertz CT molecular complexity index is 190. The first-order valence-electron chi connectivity index (χ1n) is 5.27. The molecule has 1 aliphatic heterocycles. The van der Waals surface area contributed by atoms with Crippen molar-refractivity contribution in [2.45, 2.75) is 38.3 Å².